The van der Waals surface area contributed by atoms with Crippen molar-refractivity contribution in [1.29, 1.82) is 0 Å². The van der Waals surface area contributed by atoms with Crippen molar-refractivity contribution in [2.24, 2.45) is 14.1 Å². The summed E-state index contributed by atoms with van der Waals surface area (Å²) in [6, 6.07) is 8.34. The number of benzene rings is 1. The molecule has 0 aliphatic heterocycles. The minimum atomic E-state index is -0.313. The minimum Gasteiger partial charge on any atom is -0.328 e. The highest BCUT2D eigenvalue weighted by molar-refractivity contribution is 7.99. The second kappa shape index (κ2) is 6.68. The summed E-state index contributed by atoms with van der Waals surface area (Å²) in [6.07, 6.45) is 2.31. The molecular weight excluding hydrogens is 324 g/mol. The second-order valence-electron chi connectivity index (χ2n) is 5.84. The number of hydrogen-bond donors (Lipinski definition) is 0. The fraction of sp³-hybridized carbons (Fsp3) is 0.353. The Bertz CT molecular complexity index is 983. The zero-order valence-corrected chi connectivity index (χ0v) is 14.8. The predicted octanol–water partition coefficient (Wildman–Crippen LogP) is 1.92. The third kappa shape index (κ3) is 3.03. The van der Waals surface area contributed by atoms with E-state index in [0.717, 1.165) is 12.2 Å². The van der Waals surface area contributed by atoms with Gasteiger partial charge in [0.2, 0.25) is 0 Å². The van der Waals surface area contributed by atoms with Gasteiger partial charge in [-0.3, -0.25) is 13.9 Å². The molecule has 0 N–H and O–H groups in total. The van der Waals surface area contributed by atoms with E-state index in [1.807, 2.05) is 0 Å². The lowest BCUT2D eigenvalue weighted by molar-refractivity contribution is 0.594. The molecule has 0 saturated heterocycles. The Morgan fingerprint density at radius 1 is 1.12 bits per heavy atom. The molecule has 0 saturated carbocycles. The van der Waals surface area contributed by atoms with E-state index in [4.69, 9.17) is 0 Å². The smallest absolute Gasteiger partial charge is 0.328 e. The molecule has 0 fully saturated rings. The van der Waals surface area contributed by atoms with Gasteiger partial charge in [-0.05, 0) is 31.2 Å². The monoisotopic (exact) mass is 344 g/mol. The predicted molar refractivity (Wildman–Crippen MR) is 96.7 cm³/mol. The van der Waals surface area contributed by atoms with Crippen LogP contribution in [-0.2, 0) is 20.6 Å². The number of hydrogen-bond acceptors (Lipinski definition) is 4. The summed E-state index contributed by atoms with van der Waals surface area (Å²) in [5, 5.41) is 0. The molecule has 3 rings (SSSR count). The fourth-order valence-electron chi connectivity index (χ4n) is 2.64. The van der Waals surface area contributed by atoms with Crippen molar-refractivity contribution in [2.75, 3.05) is 5.75 Å². The van der Waals surface area contributed by atoms with Gasteiger partial charge in [0.05, 0.1) is 6.33 Å². The first kappa shape index (κ1) is 16.6. The topological polar surface area (TPSA) is 61.8 Å². The van der Waals surface area contributed by atoms with Crippen LogP contribution in [0.3, 0.4) is 0 Å². The van der Waals surface area contributed by atoms with Crippen molar-refractivity contribution < 1.29 is 0 Å². The molecule has 0 aliphatic rings. The Morgan fingerprint density at radius 3 is 2.54 bits per heavy atom. The van der Waals surface area contributed by atoms with Gasteiger partial charge in [0.1, 0.15) is 0 Å². The summed E-state index contributed by atoms with van der Waals surface area (Å²) < 4.78 is 4.40. The molecular formula is C17H20N4O2S. The van der Waals surface area contributed by atoms with Gasteiger partial charge >= 0.3 is 5.69 Å². The van der Waals surface area contributed by atoms with E-state index in [1.54, 1.807) is 36.8 Å². The first-order chi connectivity index (χ1) is 11.5. The molecule has 2 heterocycles. The molecule has 0 aliphatic carbocycles. The number of imidazole rings is 1. The van der Waals surface area contributed by atoms with Crippen LogP contribution in [0, 0.1) is 6.92 Å². The summed E-state index contributed by atoms with van der Waals surface area (Å²) in [6.45, 7) is 2.47. The number of fused-ring (bicyclic) bond motifs is 1. The van der Waals surface area contributed by atoms with E-state index in [-0.39, 0.29) is 11.2 Å². The van der Waals surface area contributed by atoms with Crippen LogP contribution in [0.1, 0.15) is 12.0 Å². The maximum absolute atomic E-state index is 12.6. The van der Waals surface area contributed by atoms with Gasteiger partial charge in [0, 0.05) is 25.5 Å². The highest BCUT2D eigenvalue weighted by Gasteiger charge is 2.14. The molecule has 7 heteroatoms. The zero-order valence-electron chi connectivity index (χ0n) is 14.0. The lowest BCUT2D eigenvalue weighted by Crippen LogP contribution is -2.39. The molecule has 6 nitrogen and oxygen atoms in total. The molecule has 3 aromatic rings. The van der Waals surface area contributed by atoms with Crippen molar-refractivity contribution in [3.8, 4) is 0 Å². The Labute approximate surface area is 143 Å². The van der Waals surface area contributed by atoms with E-state index in [0.29, 0.717) is 17.7 Å². The molecule has 24 heavy (non-hydrogen) atoms. The van der Waals surface area contributed by atoms with Gasteiger partial charge in [0.15, 0.2) is 11.2 Å². The minimum absolute atomic E-state index is 0.270. The van der Waals surface area contributed by atoms with Gasteiger partial charge in [0.25, 0.3) is 5.56 Å². The second-order valence-corrected chi connectivity index (χ2v) is 7.01. The van der Waals surface area contributed by atoms with Crippen LogP contribution in [0.15, 0.2) is 45.1 Å². The molecule has 0 amide bonds. The summed E-state index contributed by atoms with van der Waals surface area (Å²) in [5.41, 5.74) is 1.54. The van der Waals surface area contributed by atoms with E-state index < -0.39 is 0 Å². The molecule has 126 valence electrons. The number of aromatic nitrogens is 4. The third-order valence-corrected chi connectivity index (χ3v) is 5.12. The Kier molecular flexibility index (Phi) is 4.62. The lowest BCUT2D eigenvalue weighted by Gasteiger charge is -2.08. The van der Waals surface area contributed by atoms with E-state index in [2.05, 4.69) is 36.2 Å². The number of rotatable bonds is 5. The van der Waals surface area contributed by atoms with Crippen LogP contribution in [-0.4, -0.2) is 24.4 Å². The van der Waals surface area contributed by atoms with Gasteiger partial charge in [-0.15, -0.1) is 11.8 Å². The maximum Gasteiger partial charge on any atom is 0.332 e. The molecule has 2 aromatic heterocycles. The molecule has 0 unspecified atom stereocenters. The highest BCUT2D eigenvalue weighted by Crippen LogP contribution is 2.19. The summed E-state index contributed by atoms with van der Waals surface area (Å²) in [5.74, 6) is 0.849. The summed E-state index contributed by atoms with van der Waals surface area (Å²) >= 11 is 1.73. The number of thioether (sulfide) groups is 1. The van der Waals surface area contributed by atoms with Gasteiger partial charge in [-0.1, -0.05) is 17.7 Å². The Morgan fingerprint density at radius 2 is 1.83 bits per heavy atom. The SMILES string of the molecule is Cc1ccc(SCCCn2c(=O)c3c(ncn3C)n(C)c2=O)cc1. The first-order valence-electron chi connectivity index (χ1n) is 7.79. The van der Waals surface area contributed by atoms with Crippen LogP contribution < -0.4 is 11.2 Å². The third-order valence-electron chi connectivity index (χ3n) is 4.02. The van der Waals surface area contributed by atoms with E-state index in [9.17, 15) is 9.59 Å². The van der Waals surface area contributed by atoms with Crippen molar-refractivity contribution >= 4 is 22.9 Å². The first-order valence-corrected chi connectivity index (χ1v) is 8.78. The zero-order chi connectivity index (χ0) is 17.3. The van der Waals surface area contributed by atoms with E-state index >= 15 is 0 Å². The average Bonchev–Trinajstić information content (AvgIpc) is 2.96. The van der Waals surface area contributed by atoms with Crippen LogP contribution >= 0.6 is 11.8 Å². The normalized spacial score (nSPS) is 11.3. The van der Waals surface area contributed by atoms with Gasteiger partial charge in [-0.25, -0.2) is 9.78 Å². The summed E-state index contributed by atoms with van der Waals surface area (Å²) in [4.78, 5) is 30.3. The van der Waals surface area contributed by atoms with Crippen molar-refractivity contribution in [3.05, 3.63) is 57.0 Å². The quantitative estimate of drug-likeness (QED) is 0.524. The maximum atomic E-state index is 12.6. The van der Waals surface area contributed by atoms with Gasteiger partial charge < -0.3 is 4.57 Å². The van der Waals surface area contributed by atoms with Crippen LogP contribution in [0.2, 0.25) is 0 Å². The van der Waals surface area contributed by atoms with Crippen molar-refractivity contribution in [1.82, 2.24) is 18.7 Å². The standard InChI is InChI=1S/C17H20N4O2S/c1-12-5-7-13(8-6-12)24-10-4-9-21-16(22)14-15(18-11-19(14)2)20(3)17(21)23/h5-8,11H,4,9-10H2,1-3H3. The van der Waals surface area contributed by atoms with Crippen molar-refractivity contribution in [3.63, 3.8) is 0 Å². The van der Waals surface area contributed by atoms with E-state index in [1.165, 1.54) is 19.6 Å². The average molecular weight is 344 g/mol. The molecule has 0 radical (unpaired) electrons. The van der Waals surface area contributed by atoms with Crippen LogP contribution in [0.5, 0.6) is 0 Å². The van der Waals surface area contributed by atoms with Crippen molar-refractivity contribution in [2.45, 2.75) is 24.8 Å². The molecule has 1 aromatic carbocycles. The Balaban J connectivity index is 1.76. The lowest BCUT2D eigenvalue weighted by atomic mass is 10.2. The molecule has 0 spiro atoms. The van der Waals surface area contributed by atoms with Crippen LogP contribution in [0.25, 0.3) is 11.2 Å². The Hall–Kier alpha value is -2.28. The number of nitrogens with zero attached hydrogens (tertiary/aromatic N) is 4. The molecule has 0 bridgehead atoms. The fourth-order valence-corrected chi connectivity index (χ4v) is 3.48. The highest BCUT2D eigenvalue weighted by atomic mass is 32.2. The van der Waals surface area contributed by atoms with Crippen LogP contribution in [0.4, 0.5) is 0 Å². The van der Waals surface area contributed by atoms with Gasteiger partial charge in [-0.2, -0.15) is 0 Å². The number of aryl methyl sites for hydroxylation is 3. The summed E-state index contributed by atoms with van der Waals surface area (Å²) in [7, 11) is 3.41. The molecule has 0 atom stereocenters. The largest absolute Gasteiger partial charge is 0.332 e.